The van der Waals surface area contributed by atoms with E-state index in [0.717, 1.165) is 12.8 Å². The van der Waals surface area contributed by atoms with Gasteiger partial charge in [-0.3, -0.25) is 10.1 Å². The lowest BCUT2D eigenvalue weighted by atomic mass is 9.99. The number of alkyl halides is 1. The predicted molar refractivity (Wildman–Crippen MR) is 65.0 cm³/mol. The van der Waals surface area contributed by atoms with Crippen molar-refractivity contribution >= 4 is 23.5 Å². The first-order chi connectivity index (χ1) is 8.04. The highest BCUT2D eigenvalue weighted by Crippen LogP contribution is 2.16. The van der Waals surface area contributed by atoms with Gasteiger partial charge in [-0.25, -0.2) is 4.79 Å². The van der Waals surface area contributed by atoms with Gasteiger partial charge in [0.2, 0.25) is 5.91 Å². The molecule has 1 rings (SSSR count). The van der Waals surface area contributed by atoms with Gasteiger partial charge in [0.05, 0.1) is 6.61 Å². The Kier molecular flexibility index (Phi) is 5.71. The molecule has 0 bridgehead atoms. The van der Waals surface area contributed by atoms with Crippen molar-refractivity contribution in [3.05, 3.63) is 0 Å². The molecule has 0 spiro atoms. The summed E-state index contributed by atoms with van der Waals surface area (Å²) in [5.74, 6) is -0.103. The molecule has 2 atom stereocenters. The topological polar surface area (TPSA) is 58.6 Å². The number of likely N-dealkylation sites (tertiary alicyclic amines) is 1. The fraction of sp³-hybridized carbons (Fsp3) is 0.818. The number of carbonyl (C=O) groups excluding carboxylic acids is 2. The molecule has 0 aromatic rings. The number of rotatable bonds is 3. The van der Waals surface area contributed by atoms with E-state index < -0.39 is 11.3 Å². The lowest BCUT2D eigenvalue weighted by Gasteiger charge is -2.32. The third kappa shape index (κ3) is 4.52. The molecule has 0 aromatic heterocycles. The van der Waals surface area contributed by atoms with Crippen molar-refractivity contribution in [2.24, 2.45) is 5.92 Å². The van der Waals surface area contributed by atoms with Crippen LogP contribution in [0.3, 0.4) is 0 Å². The van der Waals surface area contributed by atoms with E-state index in [-0.39, 0.29) is 6.03 Å². The van der Waals surface area contributed by atoms with E-state index in [1.807, 2.05) is 0 Å². The fourth-order valence-corrected chi connectivity index (χ4v) is 1.96. The van der Waals surface area contributed by atoms with E-state index >= 15 is 0 Å². The molecule has 3 amide bonds. The first-order valence-corrected chi connectivity index (χ1v) is 6.21. The Balaban J connectivity index is 2.43. The van der Waals surface area contributed by atoms with Gasteiger partial charge in [-0.1, -0.05) is 0 Å². The van der Waals surface area contributed by atoms with Crippen LogP contribution in [0, 0.1) is 5.92 Å². The summed E-state index contributed by atoms with van der Waals surface area (Å²) in [4.78, 5) is 24.7. The zero-order valence-electron chi connectivity index (χ0n) is 10.2. The molecule has 1 fully saturated rings. The highest BCUT2D eigenvalue weighted by molar-refractivity contribution is 6.31. The number of halogens is 1. The number of amides is 3. The quantitative estimate of drug-likeness (QED) is 0.778. The van der Waals surface area contributed by atoms with Crippen LogP contribution in [0.1, 0.15) is 19.8 Å². The molecule has 5 nitrogen and oxygen atoms in total. The summed E-state index contributed by atoms with van der Waals surface area (Å²) >= 11 is 5.59. The molecule has 1 aliphatic heterocycles. The van der Waals surface area contributed by atoms with Crippen LogP contribution in [-0.4, -0.2) is 49.0 Å². The largest absolute Gasteiger partial charge is 0.384 e. The Morgan fingerprint density at radius 2 is 2.29 bits per heavy atom. The predicted octanol–water partition coefficient (Wildman–Crippen LogP) is 1.21. The van der Waals surface area contributed by atoms with Gasteiger partial charge in [0, 0.05) is 26.1 Å². The van der Waals surface area contributed by atoms with E-state index in [1.165, 1.54) is 6.92 Å². The number of ether oxygens (including phenoxy) is 1. The van der Waals surface area contributed by atoms with E-state index in [1.54, 1.807) is 12.0 Å². The molecule has 17 heavy (non-hydrogen) atoms. The van der Waals surface area contributed by atoms with Crippen LogP contribution in [-0.2, 0) is 9.53 Å². The Hall–Kier alpha value is -0.810. The second-order valence-corrected chi connectivity index (χ2v) is 4.97. The SMILES string of the molecule is COCC1CCCN(C(=O)NC(=O)C(C)Cl)C1. The van der Waals surface area contributed by atoms with Gasteiger partial charge in [-0.05, 0) is 19.8 Å². The second kappa shape index (κ2) is 6.81. The average Bonchev–Trinajstić information content (AvgIpc) is 2.29. The normalized spacial score (nSPS) is 22.1. The van der Waals surface area contributed by atoms with Crippen LogP contribution in [0.25, 0.3) is 0 Å². The number of imide groups is 1. The maximum absolute atomic E-state index is 11.8. The summed E-state index contributed by atoms with van der Waals surface area (Å²) in [6.45, 7) is 3.48. The van der Waals surface area contributed by atoms with E-state index in [0.29, 0.717) is 25.6 Å². The fourth-order valence-electron chi connectivity index (χ4n) is 1.91. The maximum Gasteiger partial charge on any atom is 0.324 e. The number of nitrogens with zero attached hydrogens (tertiary/aromatic N) is 1. The summed E-state index contributed by atoms with van der Waals surface area (Å²) in [6, 6.07) is -0.358. The lowest BCUT2D eigenvalue weighted by Crippen LogP contribution is -2.49. The molecule has 0 radical (unpaired) electrons. The number of hydrogen-bond acceptors (Lipinski definition) is 3. The van der Waals surface area contributed by atoms with E-state index in [2.05, 4.69) is 5.32 Å². The third-order valence-electron chi connectivity index (χ3n) is 2.80. The van der Waals surface area contributed by atoms with Crippen molar-refractivity contribution in [1.29, 1.82) is 0 Å². The minimum atomic E-state index is -0.696. The highest BCUT2D eigenvalue weighted by atomic mass is 35.5. The first kappa shape index (κ1) is 14.3. The molecule has 98 valence electrons. The monoisotopic (exact) mass is 262 g/mol. The van der Waals surface area contributed by atoms with Gasteiger partial charge >= 0.3 is 6.03 Å². The summed E-state index contributed by atoms with van der Waals surface area (Å²) < 4.78 is 5.08. The number of piperidine rings is 1. The van der Waals surface area contributed by atoms with Crippen molar-refractivity contribution in [1.82, 2.24) is 10.2 Å². The van der Waals surface area contributed by atoms with Crippen LogP contribution in [0.4, 0.5) is 4.79 Å². The molecule has 6 heteroatoms. The summed E-state index contributed by atoms with van der Waals surface area (Å²) in [7, 11) is 1.65. The molecule has 1 saturated heterocycles. The third-order valence-corrected chi connectivity index (χ3v) is 3.00. The van der Waals surface area contributed by atoms with E-state index in [9.17, 15) is 9.59 Å². The zero-order chi connectivity index (χ0) is 12.8. The Morgan fingerprint density at radius 1 is 1.59 bits per heavy atom. The Labute approximate surface area is 106 Å². The molecule has 1 heterocycles. The smallest absolute Gasteiger partial charge is 0.324 e. The molecule has 2 unspecified atom stereocenters. The van der Waals surface area contributed by atoms with Gasteiger partial charge < -0.3 is 9.64 Å². The minimum absolute atomic E-state index is 0.350. The molecule has 1 aliphatic rings. The Bertz CT molecular complexity index is 282. The molecular weight excluding hydrogens is 244 g/mol. The number of hydrogen-bond donors (Lipinski definition) is 1. The van der Waals surface area contributed by atoms with Crippen LogP contribution >= 0.6 is 11.6 Å². The van der Waals surface area contributed by atoms with Gasteiger partial charge in [0.25, 0.3) is 0 Å². The first-order valence-electron chi connectivity index (χ1n) is 5.77. The maximum atomic E-state index is 11.8. The van der Waals surface area contributed by atoms with Crippen molar-refractivity contribution in [2.75, 3.05) is 26.8 Å². The van der Waals surface area contributed by atoms with Gasteiger partial charge in [0.15, 0.2) is 0 Å². The molecule has 0 aromatic carbocycles. The number of nitrogens with one attached hydrogen (secondary N) is 1. The second-order valence-electron chi connectivity index (χ2n) is 4.32. The molecule has 0 saturated carbocycles. The van der Waals surface area contributed by atoms with Crippen LogP contribution in [0.5, 0.6) is 0 Å². The van der Waals surface area contributed by atoms with Crippen LogP contribution < -0.4 is 5.32 Å². The average molecular weight is 263 g/mol. The van der Waals surface area contributed by atoms with Crippen LogP contribution in [0.2, 0.25) is 0 Å². The number of carbonyl (C=O) groups is 2. The van der Waals surface area contributed by atoms with Crippen LogP contribution in [0.15, 0.2) is 0 Å². The van der Waals surface area contributed by atoms with Crippen molar-refractivity contribution in [3.63, 3.8) is 0 Å². The summed E-state index contributed by atoms with van der Waals surface area (Å²) in [5, 5.41) is 1.59. The van der Waals surface area contributed by atoms with Crippen molar-refractivity contribution in [3.8, 4) is 0 Å². The number of urea groups is 1. The highest BCUT2D eigenvalue weighted by Gasteiger charge is 2.25. The van der Waals surface area contributed by atoms with Crippen molar-refractivity contribution < 1.29 is 14.3 Å². The van der Waals surface area contributed by atoms with Crippen molar-refractivity contribution in [2.45, 2.75) is 25.1 Å². The van der Waals surface area contributed by atoms with Gasteiger partial charge in [-0.2, -0.15) is 0 Å². The molecule has 1 N–H and O–H groups in total. The standard InChI is InChI=1S/C11H19ClN2O3/c1-8(12)10(15)13-11(16)14-5-3-4-9(6-14)7-17-2/h8-9H,3-7H2,1-2H3,(H,13,15,16). The number of methoxy groups -OCH3 is 1. The molecular formula is C11H19ClN2O3. The summed E-state index contributed by atoms with van der Waals surface area (Å²) in [5.41, 5.74) is 0. The lowest BCUT2D eigenvalue weighted by molar-refractivity contribution is -0.119. The van der Waals surface area contributed by atoms with Gasteiger partial charge in [-0.15, -0.1) is 11.6 Å². The minimum Gasteiger partial charge on any atom is -0.384 e. The molecule has 0 aliphatic carbocycles. The van der Waals surface area contributed by atoms with Gasteiger partial charge in [0.1, 0.15) is 5.38 Å². The Morgan fingerprint density at radius 3 is 2.88 bits per heavy atom. The van der Waals surface area contributed by atoms with E-state index in [4.69, 9.17) is 16.3 Å². The zero-order valence-corrected chi connectivity index (χ0v) is 11.0. The summed E-state index contributed by atoms with van der Waals surface area (Å²) in [6.07, 6.45) is 1.99.